The molecule has 2 atom stereocenters. The van der Waals surface area contributed by atoms with Gasteiger partial charge in [0, 0.05) is 30.7 Å². The second-order valence-electron chi connectivity index (χ2n) is 10.7. The van der Waals surface area contributed by atoms with Crippen molar-refractivity contribution >= 4 is 35.5 Å². The number of carbonyl (C=O) groups excluding carboxylic acids is 3. The summed E-state index contributed by atoms with van der Waals surface area (Å²) in [5.41, 5.74) is -0.501. The summed E-state index contributed by atoms with van der Waals surface area (Å²) in [6.45, 7) is 8.86. The van der Waals surface area contributed by atoms with Crippen LogP contribution in [0.4, 0.5) is 0 Å². The average Bonchev–Trinajstić information content (AvgIpc) is 2.71. The molecule has 1 rings (SSSR count). The molecule has 11 nitrogen and oxygen atoms in total. The van der Waals surface area contributed by atoms with E-state index in [2.05, 4.69) is 10.6 Å². The number of carboxylic acids is 1. The van der Waals surface area contributed by atoms with Gasteiger partial charge in [-0.2, -0.15) is 0 Å². The number of thioether (sulfide) groups is 1. The number of esters is 1. The van der Waals surface area contributed by atoms with Crippen LogP contribution in [0.3, 0.4) is 0 Å². The van der Waals surface area contributed by atoms with Crippen molar-refractivity contribution in [2.75, 3.05) is 59.7 Å². The number of rotatable bonds is 14. The molecule has 202 valence electrons. The first-order valence-corrected chi connectivity index (χ1v) is 12.7. The molecule has 2 amide bonds. The predicted molar refractivity (Wildman–Crippen MR) is 132 cm³/mol. The molecule has 1 unspecified atom stereocenters. The SMILES string of the molecule is CC1(C)OCC(C)(C)[C@H](C(=O)NCCC(=O)NCCSC(CC(=O)O)C(=O)OCC[N+](C)(C)C)O1. The number of nitrogens with zero attached hydrogens (tertiary/aromatic N) is 1. The molecule has 3 N–H and O–H groups in total. The summed E-state index contributed by atoms with van der Waals surface area (Å²) in [6, 6.07) is 0. The normalized spacial score (nSPS) is 19.9. The van der Waals surface area contributed by atoms with Crippen molar-refractivity contribution < 1.29 is 43.0 Å². The highest BCUT2D eigenvalue weighted by molar-refractivity contribution is 8.00. The lowest BCUT2D eigenvalue weighted by molar-refractivity contribution is -0.870. The second kappa shape index (κ2) is 13.4. The van der Waals surface area contributed by atoms with Gasteiger partial charge in [0.05, 0.1) is 34.2 Å². The van der Waals surface area contributed by atoms with Crippen molar-refractivity contribution in [3.63, 3.8) is 0 Å². The zero-order valence-corrected chi connectivity index (χ0v) is 22.8. The molecule has 0 radical (unpaired) electrons. The molecular weight excluding hydrogens is 478 g/mol. The van der Waals surface area contributed by atoms with Crippen molar-refractivity contribution in [3.8, 4) is 0 Å². The number of hydrogen-bond acceptors (Lipinski definition) is 8. The zero-order valence-electron chi connectivity index (χ0n) is 22.0. The number of aliphatic carboxylic acids is 1. The van der Waals surface area contributed by atoms with Gasteiger partial charge in [0.2, 0.25) is 11.8 Å². The molecule has 1 aliphatic rings. The number of hydrogen-bond donors (Lipinski definition) is 3. The van der Waals surface area contributed by atoms with Gasteiger partial charge in [0.25, 0.3) is 0 Å². The molecule has 1 aliphatic heterocycles. The monoisotopic (exact) mass is 520 g/mol. The third-order valence-electron chi connectivity index (χ3n) is 5.17. The molecule has 0 aromatic carbocycles. The maximum absolute atomic E-state index is 12.6. The second-order valence-corrected chi connectivity index (χ2v) is 12.0. The van der Waals surface area contributed by atoms with Gasteiger partial charge in [-0.25, -0.2) is 0 Å². The van der Waals surface area contributed by atoms with Crippen LogP contribution in [0.5, 0.6) is 0 Å². The largest absolute Gasteiger partial charge is 0.481 e. The lowest BCUT2D eigenvalue weighted by Crippen LogP contribution is -2.56. The Balaban J connectivity index is 2.35. The molecule has 12 heteroatoms. The van der Waals surface area contributed by atoms with E-state index in [-0.39, 0.29) is 44.4 Å². The summed E-state index contributed by atoms with van der Waals surface area (Å²) >= 11 is 1.13. The summed E-state index contributed by atoms with van der Waals surface area (Å²) in [5, 5.41) is 13.7. The Bertz CT molecular complexity index is 752. The maximum atomic E-state index is 12.6. The molecule has 0 spiro atoms. The van der Waals surface area contributed by atoms with Gasteiger partial charge in [0.1, 0.15) is 24.5 Å². The smallest absolute Gasteiger partial charge is 0.319 e. The van der Waals surface area contributed by atoms with Crippen LogP contribution < -0.4 is 10.6 Å². The number of amides is 2. The highest BCUT2D eigenvalue weighted by Crippen LogP contribution is 2.34. The molecule has 0 saturated carbocycles. The van der Waals surface area contributed by atoms with Crippen LogP contribution in [0.25, 0.3) is 0 Å². The van der Waals surface area contributed by atoms with Gasteiger partial charge in [-0.1, -0.05) is 13.8 Å². The fraction of sp³-hybridized carbons (Fsp3) is 0.826. The van der Waals surface area contributed by atoms with Crippen LogP contribution in [0, 0.1) is 5.41 Å². The lowest BCUT2D eigenvalue weighted by atomic mass is 9.85. The molecule has 0 bridgehead atoms. The van der Waals surface area contributed by atoms with Crippen LogP contribution in [0.15, 0.2) is 0 Å². The van der Waals surface area contributed by atoms with Crippen molar-refractivity contribution in [2.45, 2.75) is 57.7 Å². The molecule has 0 aliphatic carbocycles. The minimum Gasteiger partial charge on any atom is -0.481 e. The van der Waals surface area contributed by atoms with E-state index < -0.39 is 34.5 Å². The van der Waals surface area contributed by atoms with Crippen LogP contribution in [0.1, 0.15) is 40.5 Å². The van der Waals surface area contributed by atoms with Crippen LogP contribution in [0.2, 0.25) is 0 Å². The van der Waals surface area contributed by atoms with Crippen LogP contribution >= 0.6 is 11.8 Å². The molecule has 1 saturated heterocycles. The Kier molecular flexibility index (Phi) is 11.9. The molecule has 1 fully saturated rings. The predicted octanol–water partition coefficient (Wildman–Crippen LogP) is 0.613. The van der Waals surface area contributed by atoms with E-state index in [0.717, 1.165) is 11.8 Å². The lowest BCUT2D eigenvalue weighted by Gasteiger charge is -2.44. The Labute approximate surface area is 212 Å². The van der Waals surface area contributed by atoms with Crippen molar-refractivity contribution in [3.05, 3.63) is 0 Å². The number of carbonyl (C=O) groups is 4. The van der Waals surface area contributed by atoms with Crippen molar-refractivity contribution in [1.29, 1.82) is 0 Å². The van der Waals surface area contributed by atoms with E-state index in [1.54, 1.807) is 13.8 Å². The summed E-state index contributed by atoms with van der Waals surface area (Å²) in [7, 11) is 5.89. The van der Waals surface area contributed by atoms with Crippen LogP contribution in [-0.2, 0) is 33.4 Å². The van der Waals surface area contributed by atoms with E-state index in [1.165, 1.54) is 0 Å². The summed E-state index contributed by atoms with van der Waals surface area (Å²) in [4.78, 5) is 48.1. The van der Waals surface area contributed by atoms with Gasteiger partial charge >= 0.3 is 11.9 Å². The highest BCUT2D eigenvalue weighted by Gasteiger charge is 2.45. The van der Waals surface area contributed by atoms with Gasteiger partial charge in [-0.15, -0.1) is 11.8 Å². The Morgan fingerprint density at radius 2 is 1.77 bits per heavy atom. The molecule has 0 aromatic heterocycles. The molecule has 0 aromatic rings. The fourth-order valence-corrected chi connectivity index (χ4v) is 4.04. The summed E-state index contributed by atoms with van der Waals surface area (Å²) in [5.74, 6) is -2.73. The van der Waals surface area contributed by atoms with Gasteiger partial charge in [-0.05, 0) is 13.8 Å². The quantitative estimate of drug-likeness (QED) is 0.171. The summed E-state index contributed by atoms with van der Waals surface area (Å²) < 4.78 is 17.2. The van der Waals surface area contributed by atoms with Gasteiger partial charge in [0.15, 0.2) is 5.79 Å². The Hall–Kier alpha value is -1.89. The maximum Gasteiger partial charge on any atom is 0.319 e. The topological polar surface area (TPSA) is 140 Å². The van der Waals surface area contributed by atoms with Crippen molar-refractivity contribution in [2.24, 2.45) is 5.41 Å². The number of ether oxygens (including phenoxy) is 3. The number of likely N-dealkylation sites (N-methyl/N-ethyl adjacent to an activating group) is 1. The number of carboxylic acid groups (broad SMARTS) is 1. The average molecular weight is 521 g/mol. The first kappa shape index (κ1) is 31.1. The first-order chi connectivity index (χ1) is 16.0. The zero-order chi connectivity index (χ0) is 26.9. The third-order valence-corrected chi connectivity index (χ3v) is 6.37. The molecule has 35 heavy (non-hydrogen) atoms. The number of nitrogens with one attached hydrogen (secondary N) is 2. The minimum atomic E-state index is -1.09. The highest BCUT2D eigenvalue weighted by atomic mass is 32.2. The minimum absolute atomic E-state index is 0.0785. The van der Waals surface area contributed by atoms with E-state index in [9.17, 15) is 19.2 Å². The molecular formula is C23H42N3O8S+. The Morgan fingerprint density at radius 1 is 1.11 bits per heavy atom. The standard InChI is InChI=1S/C23H41N3O8S/c1-22(2)15-33-23(3,4)34-19(22)20(30)25-9-8-17(27)24-10-13-35-16(14-18(28)29)21(31)32-12-11-26(5,6)7/h16,19H,8-15H2,1-7H3,(H2-,24,25,27,28,29,30)/p+1/t16?,19-/m0/s1. The van der Waals surface area contributed by atoms with E-state index in [0.29, 0.717) is 23.4 Å². The van der Waals surface area contributed by atoms with Gasteiger partial charge < -0.3 is 34.4 Å². The van der Waals surface area contributed by atoms with Gasteiger partial charge in [-0.3, -0.25) is 19.2 Å². The number of quaternary nitrogens is 1. The third kappa shape index (κ3) is 12.6. The first-order valence-electron chi connectivity index (χ1n) is 11.7. The fourth-order valence-electron chi connectivity index (χ4n) is 3.08. The van der Waals surface area contributed by atoms with E-state index >= 15 is 0 Å². The van der Waals surface area contributed by atoms with E-state index in [1.807, 2.05) is 35.0 Å². The molecule has 1 heterocycles. The van der Waals surface area contributed by atoms with Crippen LogP contribution in [-0.4, -0.2) is 110 Å². The van der Waals surface area contributed by atoms with E-state index in [4.69, 9.17) is 19.3 Å². The summed E-state index contributed by atoms with van der Waals surface area (Å²) in [6.07, 6.45) is -0.969. The van der Waals surface area contributed by atoms with Crippen molar-refractivity contribution in [1.82, 2.24) is 10.6 Å². The Morgan fingerprint density at radius 3 is 2.37 bits per heavy atom.